The van der Waals surface area contributed by atoms with E-state index in [-0.39, 0.29) is 0 Å². The van der Waals surface area contributed by atoms with Gasteiger partial charge >= 0.3 is 0 Å². The van der Waals surface area contributed by atoms with Gasteiger partial charge in [-0.1, -0.05) is 64.5 Å². The lowest BCUT2D eigenvalue weighted by Crippen LogP contribution is -2.13. The molecule has 1 aromatic carbocycles. The fourth-order valence-corrected chi connectivity index (χ4v) is 3.92. The van der Waals surface area contributed by atoms with E-state index in [1.165, 1.54) is 64.2 Å². The van der Waals surface area contributed by atoms with Crippen molar-refractivity contribution in [3.05, 3.63) is 36.4 Å². The van der Waals surface area contributed by atoms with Gasteiger partial charge in [-0.2, -0.15) is 0 Å². The number of benzene rings is 1. The summed E-state index contributed by atoms with van der Waals surface area (Å²) in [7, 11) is 0. The number of unbranched alkanes of at least 4 members (excludes halogenated alkanes) is 4. The normalized spacial score (nSPS) is 20.1. The minimum absolute atomic E-state index is 0.660. The molecule has 0 atom stereocenters. The number of rotatable bonds is 13. The third kappa shape index (κ3) is 9.35. The molecular weight excluding hydrogens is 332 g/mol. The summed E-state index contributed by atoms with van der Waals surface area (Å²) in [4.78, 5) is 0. The van der Waals surface area contributed by atoms with Crippen LogP contribution in [0.4, 0.5) is 0 Å². The molecule has 0 unspecified atom stereocenters. The largest absolute Gasteiger partial charge is 0.494 e. The predicted octanol–water partition coefficient (Wildman–Crippen LogP) is 7.58. The zero-order valence-electron chi connectivity index (χ0n) is 17.6. The zero-order chi connectivity index (χ0) is 19.2. The second kappa shape index (κ2) is 13.7. The number of ether oxygens (including phenoxy) is 2. The Morgan fingerprint density at radius 3 is 2.11 bits per heavy atom. The highest BCUT2D eigenvalue weighted by atomic mass is 16.5. The average Bonchev–Trinajstić information content (AvgIpc) is 2.71. The van der Waals surface area contributed by atoms with Gasteiger partial charge in [-0.25, -0.2) is 0 Å². The minimum atomic E-state index is 0.660. The van der Waals surface area contributed by atoms with E-state index in [9.17, 15) is 0 Å². The van der Waals surface area contributed by atoms with E-state index in [0.29, 0.717) is 6.61 Å². The van der Waals surface area contributed by atoms with Crippen LogP contribution in [0.5, 0.6) is 11.5 Å². The van der Waals surface area contributed by atoms with Crippen LogP contribution in [0, 0.1) is 11.8 Å². The molecule has 0 heterocycles. The monoisotopic (exact) mass is 372 g/mol. The maximum absolute atomic E-state index is 5.84. The standard InChI is InChI=1S/C25H40O2/c1-3-5-7-10-22-12-14-23(15-13-22)11-9-21-27-25-18-16-24(17-19-25)26-20-8-6-4-2/h9,11,16-19,22-23H,3-8,10,12-15,20-21H2,1-2H3. The molecule has 2 rings (SSSR count). The lowest BCUT2D eigenvalue weighted by Gasteiger charge is -2.26. The molecule has 0 amide bonds. The zero-order valence-corrected chi connectivity index (χ0v) is 17.6. The van der Waals surface area contributed by atoms with E-state index in [1.54, 1.807) is 0 Å². The third-order valence-electron chi connectivity index (χ3n) is 5.70. The highest BCUT2D eigenvalue weighted by molar-refractivity contribution is 5.31. The topological polar surface area (TPSA) is 18.5 Å². The van der Waals surface area contributed by atoms with Crippen LogP contribution in [0.15, 0.2) is 36.4 Å². The highest BCUT2D eigenvalue weighted by Gasteiger charge is 2.18. The Kier molecular flexibility index (Phi) is 11.1. The van der Waals surface area contributed by atoms with Crippen LogP contribution in [0.3, 0.4) is 0 Å². The molecule has 27 heavy (non-hydrogen) atoms. The number of hydrogen-bond acceptors (Lipinski definition) is 2. The Labute approximate surface area is 167 Å². The number of hydrogen-bond donors (Lipinski definition) is 0. The van der Waals surface area contributed by atoms with E-state index < -0.39 is 0 Å². The van der Waals surface area contributed by atoms with Crippen molar-refractivity contribution in [2.75, 3.05) is 13.2 Å². The van der Waals surface area contributed by atoms with Gasteiger partial charge in [-0.05, 0) is 68.2 Å². The Balaban J connectivity index is 1.58. The van der Waals surface area contributed by atoms with Gasteiger partial charge < -0.3 is 9.47 Å². The summed E-state index contributed by atoms with van der Waals surface area (Å²) >= 11 is 0. The van der Waals surface area contributed by atoms with Crippen molar-refractivity contribution in [1.29, 1.82) is 0 Å². The molecule has 0 N–H and O–H groups in total. The summed E-state index contributed by atoms with van der Waals surface area (Å²) in [5.74, 6) is 3.60. The Morgan fingerprint density at radius 1 is 0.815 bits per heavy atom. The van der Waals surface area contributed by atoms with E-state index in [2.05, 4.69) is 26.0 Å². The molecule has 1 fully saturated rings. The molecule has 1 aliphatic carbocycles. The van der Waals surface area contributed by atoms with Crippen molar-refractivity contribution in [2.45, 2.75) is 84.5 Å². The van der Waals surface area contributed by atoms with E-state index >= 15 is 0 Å². The van der Waals surface area contributed by atoms with Crippen LogP contribution in [-0.2, 0) is 0 Å². The average molecular weight is 373 g/mol. The molecule has 0 spiro atoms. The summed E-state index contributed by atoms with van der Waals surface area (Å²) in [6, 6.07) is 8.02. The van der Waals surface area contributed by atoms with E-state index in [0.717, 1.165) is 36.4 Å². The molecule has 1 aliphatic rings. The lowest BCUT2D eigenvalue weighted by molar-refractivity contribution is 0.288. The van der Waals surface area contributed by atoms with Gasteiger partial charge in [0.05, 0.1) is 6.61 Å². The van der Waals surface area contributed by atoms with E-state index in [4.69, 9.17) is 9.47 Å². The van der Waals surface area contributed by atoms with Gasteiger partial charge in [0.1, 0.15) is 18.1 Å². The van der Waals surface area contributed by atoms with E-state index in [1.807, 2.05) is 24.3 Å². The Bertz CT molecular complexity index is 498. The van der Waals surface area contributed by atoms with Crippen molar-refractivity contribution in [3.8, 4) is 11.5 Å². The summed E-state index contributed by atoms with van der Waals surface area (Å²) in [6.07, 6.45) is 19.3. The molecule has 2 nitrogen and oxygen atoms in total. The van der Waals surface area contributed by atoms with Crippen LogP contribution >= 0.6 is 0 Å². The molecule has 0 radical (unpaired) electrons. The van der Waals surface area contributed by atoms with Crippen LogP contribution in [0.25, 0.3) is 0 Å². The summed E-state index contributed by atoms with van der Waals surface area (Å²) in [6.45, 7) is 5.96. The van der Waals surface area contributed by atoms with Gasteiger partial charge in [0.25, 0.3) is 0 Å². The molecule has 152 valence electrons. The quantitative estimate of drug-likeness (QED) is 0.262. The first kappa shape index (κ1) is 21.9. The van der Waals surface area contributed by atoms with Crippen LogP contribution in [0.2, 0.25) is 0 Å². The van der Waals surface area contributed by atoms with Crippen LogP contribution in [0.1, 0.15) is 84.5 Å². The lowest BCUT2D eigenvalue weighted by atomic mass is 9.79. The number of allylic oxidation sites excluding steroid dienone is 1. The summed E-state index contributed by atoms with van der Waals surface area (Å²) in [5, 5.41) is 0. The first-order valence-corrected chi connectivity index (χ1v) is 11.3. The molecule has 0 saturated heterocycles. The maximum Gasteiger partial charge on any atom is 0.120 e. The van der Waals surface area contributed by atoms with Gasteiger partial charge in [-0.15, -0.1) is 0 Å². The van der Waals surface area contributed by atoms with Crippen molar-refractivity contribution in [2.24, 2.45) is 11.8 Å². The van der Waals surface area contributed by atoms with Crippen molar-refractivity contribution in [3.63, 3.8) is 0 Å². The van der Waals surface area contributed by atoms with Crippen LogP contribution < -0.4 is 9.47 Å². The summed E-state index contributed by atoms with van der Waals surface area (Å²) < 4.78 is 11.6. The molecular formula is C25H40O2. The second-order valence-corrected chi connectivity index (χ2v) is 8.04. The molecule has 2 heteroatoms. The van der Waals surface area contributed by atoms with Crippen molar-refractivity contribution >= 4 is 0 Å². The third-order valence-corrected chi connectivity index (χ3v) is 5.70. The maximum atomic E-state index is 5.84. The van der Waals surface area contributed by atoms with Gasteiger partial charge in [0, 0.05) is 0 Å². The first-order valence-electron chi connectivity index (χ1n) is 11.3. The minimum Gasteiger partial charge on any atom is -0.494 e. The Morgan fingerprint density at radius 2 is 1.44 bits per heavy atom. The van der Waals surface area contributed by atoms with Crippen molar-refractivity contribution in [1.82, 2.24) is 0 Å². The molecule has 1 aromatic rings. The fraction of sp³-hybridized carbons (Fsp3) is 0.680. The highest BCUT2D eigenvalue weighted by Crippen LogP contribution is 2.32. The molecule has 0 aromatic heterocycles. The van der Waals surface area contributed by atoms with Crippen LogP contribution in [-0.4, -0.2) is 13.2 Å². The predicted molar refractivity (Wildman–Crippen MR) is 116 cm³/mol. The molecule has 0 bridgehead atoms. The first-order chi connectivity index (χ1) is 13.3. The van der Waals surface area contributed by atoms with Crippen molar-refractivity contribution < 1.29 is 9.47 Å². The smallest absolute Gasteiger partial charge is 0.120 e. The summed E-state index contributed by atoms with van der Waals surface area (Å²) in [5.41, 5.74) is 0. The SMILES string of the molecule is CCCCCOc1ccc(OCC=CC2CCC(CCCCC)CC2)cc1. The second-order valence-electron chi connectivity index (χ2n) is 8.04. The molecule has 0 aliphatic heterocycles. The Hall–Kier alpha value is -1.44. The van der Waals surface area contributed by atoms with Gasteiger partial charge in [0.15, 0.2) is 0 Å². The molecule has 1 saturated carbocycles. The van der Waals surface area contributed by atoms with Gasteiger partial charge in [0.2, 0.25) is 0 Å². The van der Waals surface area contributed by atoms with Gasteiger partial charge in [-0.3, -0.25) is 0 Å². The fourth-order valence-electron chi connectivity index (χ4n) is 3.92.